The van der Waals surface area contributed by atoms with Crippen LogP contribution in [0.3, 0.4) is 0 Å². The molecule has 1 rings (SSSR count). The lowest BCUT2D eigenvalue weighted by molar-refractivity contribution is 0.0912. The fraction of sp³-hybridized carbons (Fsp3) is 0.500. The summed E-state index contributed by atoms with van der Waals surface area (Å²) in [5, 5.41) is 3.76. The first-order valence-electron chi connectivity index (χ1n) is 5.32. The number of aryl methyl sites for hydroxylation is 1. The lowest BCUT2D eigenvalue weighted by Gasteiger charge is -2.27. The van der Waals surface area contributed by atoms with E-state index in [9.17, 15) is 4.79 Å². The highest BCUT2D eigenvalue weighted by atomic mass is 79.9. The molecular weight excluding hydrogens is 268 g/mol. The first kappa shape index (κ1) is 13.2. The minimum atomic E-state index is -0.209. The smallest absolute Gasteiger partial charge is 0.253 e. The monoisotopic (exact) mass is 284 g/mol. The van der Waals surface area contributed by atoms with E-state index in [2.05, 4.69) is 33.2 Å². The molecule has 0 saturated heterocycles. The highest BCUT2D eigenvalue weighted by molar-refractivity contribution is 9.09. The molecule has 1 unspecified atom stereocenters. The molecule has 0 fully saturated rings. The molecule has 1 aromatic heterocycles. The molecule has 1 heterocycles. The Labute approximate surface area is 105 Å². The van der Waals surface area contributed by atoms with E-state index in [-0.39, 0.29) is 11.4 Å². The van der Waals surface area contributed by atoms with E-state index in [1.807, 2.05) is 13.8 Å². The van der Waals surface area contributed by atoms with Crippen molar-refractivity contribution < 1.29 is 4.79 Å². The summed E-state index contributed by atoms with van der Waals surface area (Å²) in [4.78, 5) is 16.1. The average Bonchev–Trinajstić information content (AvgIpc) is 2.29. The van der Waals surface area contributed by atoms with Crippen molar-refractivity contribution in [2.75, 3.05) is 5.33 Å². The molecular formula is C12H17BrN2O. The molecule has 1 atom stereocenters. The Kier molecular flexibility index (Phi) is 4.47. The summed E-state index contributed by atoms with van der Waals surface area (Å²) in [6.07, 6.45) is 2.57. The fourth-order valence-electron chi connectivity index (χ4n) is 1.28. The van der Waals surface area contributed by atoms with Crippen LogP contribution in [0.5, 0.6) is 0 Å². The number of alkyl halides is 1. The zero-order valence-electron chi connectivity index (χ0n) is 9.88. The second-order valence-corrected chi connectivity index (χ2v) is 4.70. The Morgan fingerprint density at radius 1 is 1.62 bits per heavy atom. The molecule has 1 amide bonds. The molecule has 0 spiro atoms. The standard InChI is InChI=1S/C12H17BrN2O/c1-4-12(3,8-13)15-11(16)10-6-5-7-14-9(10)2/h5-7H,4,8H2,1-3H3,(H,15,16). The van der Waals surface area contributed by atoms with Crippen LogP contribution in [0.1, 0.15) is 36.3 Å². The van der Waals surface area contributed by atoms with Crippen molar-refractivity contribution >= 4 is 21.8 Å². The van der Waals surface area contributed by atoms with Crippen LogP contribution in [0.15, 0.2) is 18.3 Å². The van der Waals surface area contributed by atoms with E-state index in [0.717, 1.165) is 17.4 Å². The molecule has 16 heavy (non-hydrogen) atoms. The van der Waals surface area contributed by atoms with Crippen LogP contribution >= 0.6 is 15.9 Å². The molecule has 0 radical (unpaired) electrons. The number of hydrogen-bond acceptors (Lipinski definition) is 2. The third kappa shape index (κ3) is 3.04. The van der Waals surface area contributed by atoms with Gasteiger partial charge in [0.15, 0.2) is 0 Å². The van der Waals surface area contributed by atoms with Crippen LogP contribution in [0, 0.1) is 6.92 Å². The predicted octanol–water partition coefficient (Wildman–Crippen LogP) is 2.68. The van der Waals surface area contributed by atoms with Crippen molar-refractivity contribution in [1.82, 2.24) is 10.3 Å². The van der Waals surface area contributed by atoms with Gasteiger partial charge in [0.25, 0.3) is 5.91 Å². The normalized spacial score (nSPS) is 14.2. The van der Waals surface area contributed by atoms with Crippen molar-refractivity contribution in [3.63, 3.8) is 0 Å². The van der Waals surface area contributed by atoms with Gasteiger partial charge in [-0.3, -0.25) is 9.78 Å². The van der Waals surface area contributed by atoms with Crippen LogP contribution in [-0.4, -0.2) is 21.8 Å². The second kappa shape index (κ2) is 5.43. The van der Waals surface area contributed by atoms with Gasteiger partial charge >= 0.3 is 0 Å². The van der Waals surface area contributed by atoms with Gasteiger partial charge in [-0.15, -0.1) is 0 Å². The minimum Gasteiger partial charge on any atom is -0.346 e. The summed E-state index contributed by atoms with van der Waals surface area (Å²) < 4.78 is 0. The molecule has 0 aliphatic rings. The molecule has 0 bridgehead atoms. The number of carbonyl (C=O) groups excluding carboxylic acids is 1. The number of aromatic nitrogens is 1. The molecule has 0 saturated carbocycles. The number of nitrogens with one attached hydrogen (secondary N) is 1. The Morgan fingerprint density at radius 2 is 2.31 bits per heavy atom. The molecule has 0 aromatic carbocycles. The maximum atomic E-state index is 12.0. The molecule has 88 valence electrons. The minimum absolute atomic E-state index is 0.0607. The van der Waals surface area contributed by atoms with Gasteiger partial charge in [-0.05, 0) is 32.4 Å². The average molecular weight is 285 g/mol. The Bertz CT molecular complexity index is 375. The van der Waals surface area contributed by atoms with Gasteiger partial charge in [-0.1, -0.05) is 22.9 Å². The van der Waals surface area contributed by atoms with Gasteiger partial charge in [0, 0.05) is 22.8 Å². The van der Waals surface area contributed by atoms with Crippen LogP contribution in [0.2, 0.25) is 0 Å². The quantitative estimate of drug-likeness (QED) is 0.864. The van der Waals surface area contributed by atoms with Gasteiger partial charge in [0.05, 0.1) is 5.56 Å². The fourth-order valence-corrected chi connectivity index (χ4v) is 1.82. The van der Waals surface area contributed by atoms with Gasteiger partial charge in [0.2, 0.25) is 0 Å². The van der Waals surface area contributed by atoms with Crippen LogP contribution in [-0.2, 0) is 0 Å². The topological polar surface area (TPSA) is 42.0 Å². The maximum absolute atomic E-state index is 12.0. The van der Waals surface area contributed by atoms with Gasteiger partial charge in [-0.2, -0.15) is 0 Å². The number of pyridine rings is 1. The van der Waals surface area contributed by atoms with Gasteiger partial charge in [0.1, 0.15) is 0 Å². The van der Waals surface area contributed by atoms with E-state index in [0.29, 0.717) is 5.56 Å². The lowest BCUT2D eigenvalue weighted by Crippen LogP contribution is -2.47. The number of amides is 1. The number of halogens is 1. The predicted molar refractivity (Wildman–Crippen MR) is 68.9 cm³/mol. The van der Waals surface area contributed by atoms with Gasteiger partial charge < -0.3 is 5.32 Å². The highest BCUT2D eigenvalue weighted by Gasteiger charge is 2.24. The molecule has 0 aliphatic heterocycles. The third-order valence-corrected chi connectivity index (χ3v) is 3.98. The summed E-state index contributed by atoms with van der Waals surface area (Å²) >= 11 is 3.42. The number of carbonyl (C=O) groups is 1. The summed E-state index contributed by atoms with van der Waals surface area (Å²) in [5.41, 5.74) is 1.19. The van der Waals surface area contributed by atoms with E-state index < -0.39 is 0 Å². The molecule has 1 aromatic rings. The van der Waals surface area contributed by atoms with Crippen molar-refractivity contribution in [2.24, 2.45) is 0 Å². The number of rotatable bonds is 4. The Hall–Kier alpha value is -0.900. The summed E-state index contributed by atoms with van der Waals surface area (Å²) in [5.74, 6) is -0.0607. The van der Waals surface area contributed by atoms with E-state index >= 15 is 0 Å². The first-order valence-corrected chi connectivity index (χ1v) is 6.44. The van der Waals surface area contributed by atoms with Crippen molar-refractivity contribution in [3.8, 4) is 0 Å². The maximum Gasteiger partial charge on any atom is 0.253 e. The van der Waals surface area contributed by atoms with E-state index in [1.165, 1.54) is 0 Å². The number of hydrogen-bond donors (Lipinski definition) is 1. The molecule has 4 heteroatoms. The van der Waals surface area contributed by atoms with Crippen molar-refractivity contribution in [2.45, 2.75) is 32.7 Å². The van der Waals surface area contributed by atoms with Crippen LogP contribution in [0.25, 0.3) is 0 Å². The Morgan fingerprint density at radius 3 is 2.81 bits per heavy atom. The van der Waals surface area contributed by atoms with Crippen molar-refractivity contribution in [1.29, 1.82) is 0 Å². The largest absolute Gasteiger partial charge is 0.346 e. The molecule has 3 nitrogen and oxygen atoms in total. The van der Waals surface area contributed by atoms with E-state index in [1.54, 1.807) is 18.3 Å². The summed E-state index contributed by atoms with van der Waals surface area (Å²) in [6.45, 7) is 5.91. The molecule has 1 N–H and O–H groups in total. The van der Waals surface area contributed by atoms with Crippen LogP contribution in [0.4, 0.5) is 0 Å². The highest BCUT2D eigenvalue weighted by Crippen LogP contribution is 2.14. The van der Waals surface area contributed by atoms with Gasteiger partial charge in [-0.25, -0.2) is 0 Å². The molecule has 0 aliphatic carbocycles. The zero-order valence-corrected chi connectivity index (χ0v) is 11.5. The number of nitrogens with zero attached hydrogens (tertiary/aromatic N) is 1. The van der Waals surface area contributed by atoms with Crippen molar-refractivity contribution in [3.05, 3.63) is 29.6 Å². The first-order chi connectivity index (χ1) is 7.52. The van der Waals surface area contributed by atoms with E-state index in [4.69, 9.17) is 0 Å². The van der Waals surface area contributed by atoms with Crippen LogP contribution < -0.4 is 5.32 Å². The second-order valence-electron chi connectivity index (χ2n) is 4.14. The zero-order chi connectivity index (χ0) is 12.2. The summed E-state index contributed by atoms with van der Waals surface area (Å²) in [7, 11) is 0. The summed E-state index contributed by atoms with van der Waals surface area (Å²) in [6, 6.07) is 3.57. The Balaban J connectivity index is 2.84. The lowest BCUT2D eigenvalue weighted by atomic mass is 10.0. The third-order valence-electron chi connectivity index (χ3n) is 2.74. The SMILES string of the molecule is CCC(C)(CBr)NC(=O)c1cccnc1C.